The molecule has 1 fully saturated rings. The number of likely N-dealkylation sites (tertiary alicyclic amines) is 1. The molecule has 1 aliphatic rings. The third-order valence-electron chi connectivity index (χ3n) is 5.06. The van der Waals surface area contributed by atoms with Gasteiger partial charge in [-0.05, 0) is 56.1 Å². The van der Waals surface area contributed by atoms with Crippen molar-refractivity contribution in [3.8, 4) is 0 Å². The van der Waals surface area contributed by atoms with E-state index in [4.69, 9.17) is 5.73 Å². The standard InChI is InChI=1S/C20H32N4O2/c1-3-15(2)19(21)20(26)23-17-10-8-16(9-11-17)22-18(25)14-24-12-6-4-5-7-13-24/h8-11,15,19H,3-7,12-14,21H2,1-2H3,(H,22,25)(H,23,26). The van der Waals surface area contributed by atoms with Crippen molar-refractivity contribution >= 4 is 23.2 Å². The van der Waals surface area contributed by atoms with Crippen molar-refractivity contribution in [1.82, 2.24) is 4.90 Å². The highest BCUT2D eigenvalue weighted by Gasteiger charge is 2.19. The molecule has 0 aromatic heterocycles. The van der Waals surface area contributed by atoms with Gasteiger partial charge in [-0.15, -0.1) is 0 Å². The summed E-state index contributed by atoms with van der Waals surface area (Å²) < 4.78 is 0. The second-order valence-electron chi connectivity index (χ2n) is 7.22. The van der Waals surface area contributed by atoms with Gasteiger partial charge in [-0.25, -0.2) is 0 Å². The molecule has 6 nitrogen and oxygen atoms in total. The number of nitrogens with one attached hydrogen (secondary N) is 2. The molecule has 2 atom stereocenters. The van der Waals surface area contributed by atoms with E-state index in [2.05, 4.69) is 15.5 Å². The van der Waals surface area contributed by atoms with Crippen LogP contribution in [0.25, 0.3) is 0 Å². The molecule has 1 heterocycles. The minimum atomic E-state index is -0.520. The first-order valence-corrected chi connectivity index (χ1v) is 9.68. The smallest absolute Gasteiger partial charge is 0.241 e. The number of carbonyl (C=O) groups excluding carboxylic acids is 2. The van der Waals surface area contributed by atoms with E-state index in [1.165, 1.54) is 25.7 Å². The van der Waals surface area contributed by atoms with E-state index in [9.17, 15) is 9.59 Å². The molecular weight excluding hydrogens is 328 g/mol. The minimum absolute atomic E-state index is 0.00229. The number of nitrogens with two attached hydrogens (primary N) is 1. The molecule has 2 amide bonds. The number of rotatable bonds is 7. The molecule has 144 valence electrons. The Morgan fingerprint density at radius 1 is 1.04 bits per heavy atom. The second kappa shape index (κ2) is 10.3. The number of hydrogen-bond donors (Lipinski definition) is 3. The van der Waals surface area contributed by atoms with E-state index in [0.29, 0.717) is 12.2 Å². The summed E-state index contributed by atoms with van der Waals surface area (Å²) in [5, 5.41) is 5.75. The van der Waals surface area contributed by atoms with Crippen LogP contribution in [0.4, 0.5) is 11.4 Å². The molecule has 0 bridgehead atoms. The molecule has 1 saturated heterocycles. The van der Waals surface area contributed by atoms with E-state index >= 15 is 0 Å². The van der Waals surface area contributed by atoms with Gasteiger partial charge >= 0.3 is 0 Å². The van der Waals surface area contributed by atoms with Gasteiger partial charge in [0.25, 0.3) is 0 Å². The Kier molecular flexibility index (Phi) is 8.06. The van der Waals surface area contributed by atoms with Gasteiger partial charge in [0, 0.05) is 11.4 Å². The zero-order valence-electron chi connectivity index (χ0n) is 16.0. The SMILES string of the molecule is CCC(C)C(N)C(=O)Nc1ccc(NC(=O)CN2CCCCCC2)cc1. The van der Waals surface area contributed by atoms with Gasteiger partial charge in [0.05, 0.1) is 12.6 Å². The van der Waals surface area contributed by atoms with Gasteiger partial charge in [0.15, 0.2) is 0 Å². The first-order valence-electron chi connectivity index (χ1n) is 9.68. The quantitative estimate of drug-likeness (QED) is 0.698. The van der Waals surface area contributed by atoms with E-state index in [1.54, 1.807) is 24.3 Å². The van der Waals surface area contributed by atoms with Gasteiger partial charge in [-0.3, -0.25) is 14.5 Å². The molecule has 26 heavy (non-hydrogen) atoms. The van der Waals surface area contributed by atoms with Crippen LogP contribution in [0.1, 0.15) is 46.0 Å². The lowest BCUT2D eigenvalue weighted by atomic mass is 9.99. The maximum absolute atomic E-state index is 12.2. The van der Waals surface area contributed by atoms with E-state index in [-0.39, 0.29) is 17.7 Å². The molecule has 0 saturated carbocycles. The van der Waals surface area contributed by atoms with Gasteiger partial charge in [-0.2, -0.15) is 0 Å². The highest BCUT2D eigenvalue weighted by molar-refractivity contribution is 5.96. The summed E-state index contributed by atoms with van der Waals surface area (Å²) in [4.78, 5) is 26.5. The molecule has 1 aliphatic heterocycles. The summed E-state index contributed by atoms with van der Waals surface area (Å²) in [6.07, 6.45) is 5.70. The Hall–Kier alpha value is -1.92. The Morgan fingerprint density at radius 2 is 1.58 bits per heavy atom. The Balaban J connectivity index is 1.82. The molecule has 0 radical (unpaired) electrons. The zero-order valence-corrected chi connectivity index (χ0v) is 16.0. The van der Waals surface area contributed by atoms with E-state index < -0.39 is 6.04 Å². The van der Waals surface area contributed by atoms with Crippen molar-refractivity contribution in [2.75, 3.05) is 30.3 Å². The predicted octanol–water partition coefficient (Wildman–Crippen LogP) is 2.81. The first-order chi connectivity index (χ1) is 12.5. The summed E-state index contributed by atoms with van der Waals surface area (Å²) in [5.74, 6) is -0.0488. The van der Waals surface area contributed by atoms with Crippen LogP contribution < -0.4 is 16.4 Å². The number of carbonyl (C=O) groups is 2. The maximum Gasteiger partial charge on any atom is 0.241 e. The van der Waals surface area contributed by atoms with Crippen molar-refractivity contribution in [2.45, 2.75) is 52.0 Å². The topological polar surface area (TPSA) is 87.5 Å². The molecular formula is C20H32N4O2. The van der Waals surface area contributed by atoms with Crippen LogP contribution in [-0.4, -0.2) is 42.4 Å². The fourth-order valence-electron chi connectivity index (χ4n) is 3.07. The van der Waals surface area contributed by atoms with Crippen LogP contribution in [0.3, 0.4) is 0 Å². The van der Waals surface area contributed by atoms with E-state index in [0.717, 1.165) is 25.2 Å². The fraction of sp³-hybridized carbons (Fsp3) is 0.600. The maximum atomic E-state index is 12.2. The fourth-order valence-corrected chi connectivity index (χ4v) is 3.07. The number of nitrogens with zero attached hydrogens (tertiary/aromatic N) is 1. The van der Waals surface area contributed by atoms with Gasteiger partial charge in [0.1, 0.15) is 0 Å². The van der Waals surface area contributed by atoms with Crippen molar-refractivity contribution in [3.63, 3.8) is 0 Å². The number of anilines is 2. The third-order valence-corrected chi connectivity index (χ3v) is 5.06. The minimum Gasteiger partial charge on any atom is -0.325 e. The molecule has 1 aromatic carbocycles. The Bertz CT molecular complexity index is 580. The highest BCUT2D eigenvalue weighted by atomic mass is 16.2. The Labute approximate surface area is 156 Å². The molecule has 1 aromatic rings. The van der Waals surface area contributed by atoms with Crippen molar-refractivity contribution < 1.29 is 9.59 Å². The van der Waals surface area contributed by atoms with Crippen LogP contribution in [-0.2, 0) is 9.59 Å². The number of hydrogen-bond acceptors (Lipinski definition) is 4. The Morgan fingerprint density at radius 3 is 2.12 bits per heavy atom. The highest BCUT2D eigenvalue weighted by Crippen LogP contribution is 2.15. The summed E-state index contributed by atoms with van der Waals surface area (Å²) in [5.41, 5.74) is 7.35. The normalized spacial score (nSPS) is 17.8. The van der Waals surface area contributed by atoms with Crippen LogP contribution in [0.5, 0.6) is 0 Å². The van der Waals surface area contributed by atoms with Crippen molar-refractivity contribution in [3.05, 3.63) is 24.3 Å². The lowest BCUT2D eigenvalue weighted by Crippen LogP contribution is -2.40. The summed E-state index contributed by atoms with van der Waals surface area (Å²) in [6.45, 7) is 6.40. The number of amides is 2. The van der Waals surface area contributed by atoms with Gasteiger partial charge < -0.3 is 16.4 Å². The molecule has 4 N–H and O–H groups in total. The largest absolute Gasteiger partial charge is 0.325 e. The zero-order chi connectivity index (χ0) is 18.9. The lowest BCUT2D eigenvalue weighted by Gasteiger charge is -2.19. The summed E-state index contributed by atoms with van der Waals surface area (Å²) in [6, 6.07) is 6.63. The lowest BCUT2D eigenvalue weighted by molar-refractivity contribution is -0.118. The average Bonchev–Trinajstić information content (AvgIpc) is 2.90. The monoisotopic (exact) mass is 360 g/mol. The predicted molar refractivity (Wildman–Crippen MR) is 106 cm³/mol. The van der Waals surface area contributed by atoms with Gasteiger partial charge in [-0.1, -0.05) is 33.1 Å². The van der Waals surface area contributed by atoms with Crippen molar-refractivity contribution in [2.24, 2.45) is 11.7 Å². The molecule has 6 heteroatoms. The number of benzene rings is 1. The van der Waals surface area contributed by atoms with Crippen molar-refractivity contribution in [1.29, 1.82) is 0 Å². The third kappa shape index (κ3) is 6.42. The summed E-state index contributed by atoms with van der Waals surface area (Å²) in [7, 11) is 0. The molecule has 0 aliphatic carbocycles. The van der Waals surface area contributed by atoms with E-state index in [1.807, 2.05) is 13.8 Å². The summed E-state index contributed by atoms with van der Waals surface area (Å²) >= 11 is 0. The van der Waals surface area contributed by atoms with Crippen LogP contribution >= 0.6 is 0 Å². The first kappa shape index (κ1) is 20.4. The second-order valence-corrected chi connectivity index (χ2v) is 7.22. The van der Waals surface area contributed by atoms with Crippen LogP contribution in [0.15, 0.2) is 24.3 Å². The molecule has 2 unspecified atom stereocenters. The molecule has 2 rings (SSSR count). The van der Waals surface area contributed by atoms with Gasteiger partial charge in [0.2, 0.25) is 11.8 Å². The van der Waals surface area contributed by atoms with Crippen LogP contribution in [0.2, 0.25) is 0 Å². The molecule has 0 spiro atoms. The van der Waals surface area contributed by atoms with Crippen LogP contribution in [0, 0.1) is 5.92 Å². The average molecular weight is 361 g/mol.